The molecule has 0 aromatic heterocycles. The van der Waals surface area contributed by atoms with Crippen LogP contribution >= 0.6 is 0 Å². The van der Waals surface area contributed by atoms with Crippen LogP contribution in [0.2, 0.25) is 0 Å². The van der Waals surface area contributed by atoms with Gasteiger partial charge in [-0.15, -0.1) is 0 Å². The summed E-state index contributed by atoms with van der Waals surface area (Å²) in [6, 6.07) is 10.8. The highest BCUT2D eigenvalue weighted by Crippen LogP contribution is 2.53. The number of ketones is 2. The SMILES string of the molecule is CN(C)c1cc(CNCCc2ccccc2)c(O)c2c1C[C@H]1C[C@H]3C(N(C)C)C(O)=C(C(N)=O)C(=O)[C@]3(O)C(O)=C1C2=O. The van der Waals surface area contributed by atoms with E-state index in [0.29, 0.717) is 17.7 Å². The molecule has 2 aromatic carbocycles. The van der Waals surface area contributed by atoms with Crippen LogP contribution in [0, 0.1) is 11.8 Å². The number of nitrogens with two attached hydrogens (primary N) is 1. The molecular formula is C32H38N4O7. The van der Waals surface area contributed by atoms with Crippen molar-refractivity contribution in [1.29, 1.82) is 0 Å². The molecule has 0 spiro atoms. The van der Waals surface area contributed by atoms with E-state index < -0.39 is 58.0 Å². The number of allylic oxidation sites excluding steroid dienone is 1. The summed E-state index contributed by atoms with van der Waals surface area (Å²) < 4.78 is 0. The molecule has 1 unspecified atom stereocenters. The highest BCUT2D eigenvalue weighted by atomic mass is 16.3. The van der Waals surface area contributed by atoms with Crippen LogP contribution in [0.4, 0.5) is 5.69 Å². The third kappa shape index (κ3) is 4.77. The topological polar surface area (TPSA) is 177 Å². The Morgan fingerprint density at radius 1 is 1.09 bits per heavy atom. The van der Waals surface area contributed by atoms with Gasteiger partial charge in [0.15, 0.2) is 11.4 Å². The maximum absolute atomic E-state index is 14.1. The van der Waals surface area contributed by atoms with Gasteiger partial charge in [0, 0.05) is 43.4 Å². The molecule has 0 radical (unpaired) electrons. The van der Waals surface area contributed by atoms with Crippen molar-refractivity contribution in [3.05, 3.63) is 81.3 Å². The Bertz CT molecular complexity index is 1560. The average Bonchev–Trinajstić information content (AvgIpc) is 2.94. The van der Waals surface area contributed by atoms with Gasteiger partial charge in [-0.3, -0.25) is 19.3 Å². The molecular weight excluding hydrogens is 552 g/mol. The average molecular weight is 591 g/mol. The van der Waals surface area contributed by atoms with Crippen LogP contribution in [-0.4, -0.2) is 89.2 Å². The summed E-state index contributed by atoms with van der Waals surface area (Å²) in [7, 11) is 6.88. The Balaban J connectivity index is 1.56. The van der Waals surface area contributed by atoms with Crippen molar-refractivity contribution in [3.8, 4) is 5.75 Å². The minimum absolute atomic E-state index is 0.00633. The van der Waals surface area contributed by atoms with Crippen molar-refractivity contribution in [3.63, 3.8) is 0 Å². The zero-order valence-corrected chi connectivity index (χ0v) is 24.7. The first kappa shape index (κ1) is 30.3. The van der Waals surface area contributed by atoms with E-state index >= 15 is 0 Å². The number of likely N-dealkylation sites (N-methyl/N-ethyl adjacent to an activating group) is 1. The number of carbonyl (C=O) groups is 3. The van der Waals surface area contributed by atoms with Crippen molar-refractivity contribution in [2.24, 2.45) is 17.6 Å². The number of Topliss-reactive ketones (excluding diaryl/α,β-unsaturated/α-hetero) is 2. The van der Waals surface area contributed by atoms with Gasteiger partial charge in [0.05, 0.1) is 11.6 Å². The van der Waals surface area contributed by atoms with E-state index in [1.807, 2.05) is 55.4 Å². The van der Waals surface area contributed by atoms with Crippen LogP contribution in [0.25, 0.3) is 0 Å². The predicted molar refractivity (Wildman–Crippen MR) is 160 cm³/mol. The van der Waals surface area contributed by atoms with Gasteiger partial charge in [0.1, 0.15) is 22.8 Å². The predicted octanol–water partition coefficient (Wildman–Crippen LogP) is 1.52. The third-order valence-corrected chi connectivity index (χ3v) is 9.01. The van der Waals surface area contributed by atoms with E-state index in [4.69, 9.17) is 5.73 Å². The van der Waals surface area contributed by atoms with Crippen LogP contribution < -0.4 is 16.0 Å². The second-order valence-corrected chi connectivity index (χ2v) is 12.0. The normalized spacial score (nSPS) is 25.0. The molecule has 1 amide bonds. The van der Waals surface area contributed by atoms with Gasteiger partial charge in [0.2, 0.25) is 5.78 Å². The number of amides is 1. The lowest BCUT2D eigenvalue weighted by Crippen LogP contribution is -2.63. The van der Waals surface area contributed by atoms with E-state index in [1.165, 1.54) is 4.90 Å². The fourth-order valence-corrected chi connectivity index (χ4v) is 6.99. The van der Waals surface area contributed by atoms with Crippen molar-refractivity contribution in [2.45, 2.75) is 37.5 Å². The van der Waals surface area contributed by atoms with Gasteiger partial charge in [0.25, 0.3) is 5.91 Å². The lowest BCUT2D eigenvalue weighted by atomic mass is 9.58. The number of aliphatic hydroxyl groups excluding tert-OH is 2. The Hall–Kier alpha value is -4.19. The van der Waals surface area contributed by atoms with Crippen LogP contribution in [0.3, 0.4) is 0 Å². The quantitative estimate of drug-likeness (QED) is 0.195. The van der Waals surface area contributed by atoms with Gasteiger partial charge in [-0.25, -0.2) is 0 Å². The Labute approximate surface area is 249 Å². The first-order valence-electron chi connectivity index (χ1n) is 14.2. The van der Waals surface area contributed by atoms with E-state index in [0.717, 1.165) is 17.7 Å². The molecule has 5 rings (SSSR count). The number of nitrogens with one attached hydrogen (secondary N) is 1. The van der Waals surface area contributed by atoms with Gasteiger partial charge < -0.3 is 36.4 Å². The number of phenolic OH excluding ortho intramolecular Hbond substituents is 1. The monoisotopic (exact) mass is 590 g/mol. The molecule has 7 N–H and O–H groups in total. The summed E-state index contributed by atoms with van der Waals surface area (Å²) in [5.41, 5.74) is 4.72. The van der Waals surface area contributed by atoms with Gasteiger partial charge >= 0.3 is 0 Å². The zero-order chi connectivity index (χ0) is 31.4. The van der Waals surface area contributed by atoms with Crippen molar-refractivity contribution >= 4 is 23.2 Å². The molecule has 4 atom stereocenters. The molecule has 3 aliphatic carbocycles. The number of aliphatic hydroxyl groups is 3. The van der Waals surface area contributed by atoms with E-state index in [2.05, 4.69) is 5.32 Å². The first-order chi connectivity index (χ1) is 20.3. The molecule has 0 fully saturated rings. The fourth-order valence-electron chi connectivity index (χ4n) is 6.99. The number of anilines is 1. The molecule has 43 heavy (non-hydrogen) atoms. The third-order valence-electron chi connectivity index (χ3n) is 9.01. The molecule has 228 valence electrons. The Morgan fingerprint density at radius 3 is 2.37 bits per heavy atom. The largest absolute Gasteiger partial charge is 0.510 e. The molecule has 11 heteroatoms. The van der Waals surface area contributed by atoms with Gasteiger partial charge in [-0.1, -0.05) is 30.3 Å². The number of aromatic hydroxyl groups is 1. The molecule has 0 bridgehead atoms. The van der Waals surface area contributed by atoms with Gasteiger partial charge in [-0.05, 0) is 63.0 Å². The summed E-state index contributed by atoms with van der Waals surface area (Å²) in [6.07, 6.45) is 1.05. The van der Waals surface area contributed by atoms with Crippen LogP contribution in [-0.2, 0) is 29.0 Å². The molecule has 11 nitrogen and oxygen atoms in total. The molecule has 3 aliphatic rings. The molecule has 0 aliphatic heterocycles. The van der Waals surface area contributed by atoms with Crippen LogP contribution in [0.5, 0.6) is 5.75 Å². The second-order valence-electron chi connectivity index (χ2n) is 12.0. The van der Waals surface area contributed by atoms with E-state index in [1.54, 1.807) is 14.1 Å². The number of fused-ring (bicyclic) bond motifs is 3. The summed E-state index contributed by atoms with van der Waals surface area (Å²) in [6.45, 7) is 0.904. The second kappa shape index (κ2) is 11.1. The minimum Gasteiger partial charge on any atom is -0.510 e. The maximum Gasteiger partial charge on any atom is 0.255 e. The Morgan fingerprint density at radius 2 is 1.77 bits per heavy atom. The summed E-state index contributed by atoms with van der Waals surface area (Å²) in [4.78, 5) is 43.2. The lowest BCUT2D eigenvalue weighted by Gasteiger charge is -2.50. The number of primary amides is 1. The lowest BCUT2D eigenvalue weighted by molar-refractivity contribution is -0.148. The number of hydrogen-bond donors (Lipinski definition) is 6. The molecule has 0 saturated heterocycles. The smallest absolute Gasteiger partial charge is 0.255 e. The number of nitrogens with zero attached hydrogens (tertiary/aromatic N) is 2. The first-order valence-corrected chi connectivity index (χ1v) is 14.2. The number of rotatable bonds is 8. The number of benzene rings is 2. The van der Waals surface area contributed by atoms with Gasteiger partial charge in [-0.2, -0.15) is 0 Å². The van der Waals surface area contributed by atoms with E-state index in [9.17, 15) is 34.8 Å². The summed E-state index contributed by atoms with van der Waals surface area (Å²) >= 11 is 0. The minimum atomic E-state index is -2.67. The van der Waals surface area contributed by atoms with Crippen LogP contribution in [0.1, 0.15) is 33.5 Å². The number of phenols is 1. The molecule has 2 aromatic rings. The standard InChI is InChI=1S/C32H38N4O7/c1-35(2)21-14-18(15-34-11-10-16-8-6-5-7-9-16)26(37)23-19(21)12-17-13-20-25(36(3)4)28(39)24(31(33)42)30(41)32(20,43)29(40)22(17)27(23)38/h5-9,14,17,20,25,34,37,39-40,43H,10-13,15H2,1-4H3,(H2,33,42)/t17-,20-,25?,32+/m0/s1. The molecule has 0 heterocycles. The maximum atomic E-state index is 14.1. The van der Waals surface area contributed by atoms with Crippen LogP contribution in [0.15, 0.2) is 59.1 Å². The zero-order valence-electron chi connectivity index (χ0n) is 24.7. The van der Waals surface area contributed by atoms with Crippen molar-refractivity contribution in [1.82, 2.24) is 10.2 Å². The molecule has 0 saturated carbocycles. The summed E-state index contributed by atoms with van der Waals surface area (Å²) in [5.74, 6) is -6.59. The van der Waals surface area contributed by atoms with Crippen molar-refractivity contribution in [2.75, 3.05) is 39.6 Å². The van der Waals surface area contributed by atoms with E-state index in [-0.39, 0.29) is 36.3 Å². The number of hydrogen-bond acceptors (Lipinski definition) is 10. The van der Waals surface area contributed by atoms with Crippen molar-refractivity contribution < 1.29 is 34.8 Å². The fraction of sp³-hybridized carbons (Fsp3) is 0.406. The Kier molecular flexibility index (Phi) is 7.84. The highest BCUT2D eigenvalue weighted by molar-refractivity contribution is 6.25. The highest BCUT2D eigenvalue weighted by Gasteiger charge is 2.63. The number of carbonyl (C=O) groups excluding carboxylic acids is 3. The summed E-state index contributed by atoms with van der Waals surface area (Å²) in [5, 5.41) is 49.0.